The van der Waals surface area contributed by atoms with Crippen molar-refractivity contribution in [1.29, 1.82) is 0 Å². The maximum atomic E-state index is 2.42. The molecule has 1 rings (SSSR count). The minimum absolute atomic E-state index is 1.08. The van der Waals surface area contributed by atoms with Gasteiger partial charge in [-0.15, -0.1) is 0 Å². The molecule has 0 nitrogen and oxygen atoms in total. The van der Waals surface area contributed by atoms with E-state index in [1.807, 2.05) is 0 Å². The van der Waals surface area contributed by atoms with Crippen LogP contribution in [0.3, 0.4) is 0 Å². The van der Waals surface area contributed by atoms with Crippen LogP contribution in [-0.2, 0) is 0 Å². The molecule has 0 aliphatic carbocycles. The average molecular weight is 240 g/mol. The van der Waals surface area contributed by atoms with Gasteiger partial charge in [-0.3, -0.25) is 0 Å². The van der Waals surface area contributed by atoms with Crippen molar-refractivity contribution in [2.75, 3.05) is 0 Å². The van der Waals surface area contributed by atoms with Crippen LogP contribution in [0, 0.1) is 6.92 Å². The van der Waals surface area contributed by atoms with E-state index in [4.69, 9.17) is 0 Å². The van der Waals surface area contributed by atoms with E-state index in [2.05, 4.69) is 41.1 Å². The Kier molecular flexibility index (Phi) is 2.78. The minimum atomic E-state index is -1.08. The number of benzene rings is 1. The van der Waals surface area contributed by atoms with Gasteiger partial charge < -0.3 is 0 Å². The Morgan fingerprint density at radius 1 is 1.10 bits per heavy atom. The Morgan fingerprint density at radius 2 is 1.70 bits per heavy atom. The van der Waals surface area contributed by atoms with Crippen LogP contribution in [0.15, 0.2) is 24.3 Å². The van der Waals surface area contributed by atoms with E-state index in [0.29, 0.717) is 0 Å². The average Bonchev–Trinajstić information content (AvgIpc) is 1.88. The third-order valence-corrected chi connectivity index (χ3v) is 6.36. The molecule has 0 aromatic heterocycles. The SMILES string of the molecule is Cc1cccc[c]1[Sn]([CH3])[CH3]. The Morgan fingerprint density at radius 3 is 2.10 bits per heavy atom. The quantitative estimate of drug-likeness (QED) is 0.658. The zero-order valence-electron chi connectivity index (χ0n) is 6.81. The Balaban J connectivity index is 3.03. The second kappa shape index (κ2) is 3.42. The fraction of sp³-hybridized carbons (Fsp3) is 0.333. The van der Waals surface area contributed by atoms with Crippen LogP contribution in [-0.4, -0.2) is 19.8 Å². The van der Waals surface area contributed by atoms with E-state index in [1.54, 1.807) is 3.58 Å². The van der Waals surface area contributed by atoms with Gasteiger partial charge in [0.05, 0.1) is 0 Å². The van der Waals surface area contributed by atoms with Crippen molar-refractivity contribution in [2.45, 2.75) is 16.8 Å². The van der Waals surface area contributed by atoms with Crippen molar-refractivity contribution in [3.8, 4) is 0 Å². The van der Waals surface area contributed by atoms with E-state index >= 15 is 0 Å². The van der Waals surface area contributed by atoms with Gasteiger partial charge in [0, 0.05) is 0 Å². The molecule has 0 N–H and O–H groups in total. The number of hydrogen-bond acceptors (Lipinski definition) is 0. The van der Waals surface area contributed by atoms with Crippen LogP contribution in [0.4, 0.5) is 0 Å². The van der Waals surface area contributed by atoms with E-state index in [0.717, 1.165) is 0 Å². The van der Waals surface area contributed by atoms with Crippen LogP contribution >= 0.6 is 0 Å². The van der Waals surface area contributed by atoms with E-state index in [1.165, 1.54) is 5.56 Å². The fourth-order valence-corrected chi connectivity index (χ4v) is 4.85. The first-order chi connectivity index (χ1) is 4.72. The molecule has 0 spiro atoms. The second-order valence-corrected chi connectivity index (χ2v) is 10.1. The molecule has 0 saturated heterocycles. The molecule has 1 heteroatoms. The molecular formula is C9H13Sn. The van der Waals surface area contributed by atoms with Gasteiger partial charge in [0.1, 0.15) is 0 Å². The van der Waals surface area contributed by atoms with Gasteiger partial charge in [-0.05, 0) is 0 Å². The van der Waals surface area contributed by atoms with Crippen molar-refractivity contribution in [1.82, 2.24) is 0 Å². The van der Waals surface area contributed by atoms with Crippen molar-refractivity contribution in [3.05, 3.63) is 29.8 Å². The summed E-state index contributed by atoms with van der Waals surface area (Å²) in [5.41, 5.74) is 1.49. The summed E-state index contributed by atoms with van der Waals surface area (Å²) in [6.45, 7) is 2.21. The molecule has 0 amide bonds. The molecule has 0 bridgehead atoms. The van der Waals surface area contributed by atoms with Crippen molar-refractivity contribution >= 4 is 23.3 Å². The summed E-state index contributed by atoms with van der Waals surface area (Å²) < 4.78 is 1.66. The molecule has 0 saturated carbocycles. The molecule has 0 aliphatic rings. The molecule has 53 valence electrons. The first-order valence-corrected chi connectivity index (χ1v) is 10.7. The third kappa shape index (κ3) is 1.75. The molecule has 0 fully saturated rings. The number of hydrogen-bond donors (Lipinski definition) is 0. The topological polar surface area (TPSA) is 0 Å². The second-order valence-electron chi connectivity index (χ2n) is 2.81. The molecule has 1 radical (unpaired) electrons. The van der Waals surface area contributed by atoms with Gasteiger partial charge in [0.2, 0.25) is 0 Å². The fourth-order valence-electron chi connectivity index (χ4n) is 1.13. The molecule has 0 aliphatic heterocycles. The summed E-state index contributed by atoms with van der Waals surface area (Å²) in [6, 6.07) is 8.76. The predicted octanol–water partition coefficient (Wildman–Crippen LogP) is 1.96. The van der Waals surface area contributed by atoms with Crippen molar-refractivity contribution < 1.29 is 0 Å². The van der Waals surface area contributed by atoms with E-state index < -0.39 is 19.8 Å². The summed E-state index contributed by atoms with van der Waals surface area (Å²) in [5, 5.41) is 0. The number of rotatable bonds is 1. The predicted molar refractivity (Wildman–Crippen MR) is 48.3 cm³/mol. The van der Waals surface area contributed by atoms with E-state index in [-0.39, 0.29) is 0 Å². The molecule has 0 atom stereocenters. The van der Waals surface area contributed by atoms with Gasteiger partial charge in [0.15, 0.2) is 0 Å². The first-order valence-electron chi connectivity index (χ1n) is 3.58. The maximum absolute atomic E-state index is 2.42. The molecule has 1 aromatic carbocycles. The van der Waals surface area contributed by atoms with Gasteiger partial charge in [-0.25, -0.2) is 0 Å². The summed E-state index contributed by atoms with van der Waals surface area (Å²) in [5.74, 6) is 0. The van der Waals surface area contributed by atoms with Crippen LogP contribution in [0.1, 0.15) is 5.56 Å². The number of aryl methyl sites for hydroxylation is 1. The summed E-state index contributed by atoms with van der Waals surface area (Å²) in [4.78, 5) is 4.84. The van der Waals surface area contributed by atoms with Gasteiger partial charge in [-0.1, -0.05) is 0 Å². The summed E-state index contributed by atoms with van der Waals surface area (Å²) in [7, 11) is 0. The summed E-state index contributed by atoms with van der Waals surface area (Å²) in [6.07, 6.45) is 0. The Hall–Kier alpha value is 0.0187. The van der Waals surface area contributed by atoms with E-state index in [9.17, 15) is 0 Å². The van der Waals surface area contributed by atoms with Crippen LogP contribution in [0.5, 0.6) is 0 Å². The molecule has 1 aromatic rings. The standard InChI is InChI=1S/C7H7.2CH3.Sn/c1-7-5-3-2-4-6-7;;;/h2-5H,1H3;2*1H3;. The zero-order valence-corrected chi connectivity index (χ0v) is 9.66. The zero-order chi connectivity index (χ0) is 7.56. The molecule has 0 heterocycles. The monoisotopic (exact) mass is 241 g/mol. The molecular weight excluding hydrogens is 227 g/mol. The van der Waals surface area contributed by atoms with Crippen LogP contribution < -0.4 is 3.58 Å². The molecule has 0 unspecified atom stereocenters. The van der Waals surface area contributed by atoms with Crippen molar-refractivity contribution in [2.24, 2.45) is 0 Å². The van der Waals surface area contributed by atoms with Gasteiger partial charge >= 0.3 is 70.0 Å². The van der Waals surface area contributed by atoms with Gasteiger partial charge in [-0.2, -0.15) is 0 Å². The van der Waals surface area contributed by atoms with Gasteiger partial charge in [0.25, 0.3) is 0 Å². The molecule has 10 heavy (non-hydrogen) atoms. The first kappa shape index (κ1) is 8.12. The van der Waals surface area contributed by atoms with Crippen molar-refractivity contribution in [3.63, 3.8) is 0 Å². The van der Waals surface area contributed by atoms with Crippen LogP contribution in [0.25, 0.3) is 0 Å². The normalized spacial score (nSPS) is 10.4. The Labute approximate surface area is 70.0 Å². The summed E-state index contributed by atoms with van der Waals surface area (Å²) >= 11 is -1.08. The van der Waals surface area contributed by atoms with Crippen LogP contribution in [0.2, 0.25) is 9.88 Å². The Bertz CT molecular complexity index is 216. The third-order valence-electron chi connectivity index (χ3n) is 1.68.